The number of rotatable bonds is 2. The van der Waals surface area contributed by atoms with Crippen LogP contribution in [-0.4, -0.2) is 21.0 Å². The summed E-state index contributed by atoms with van der Waals surface area (Å²) in [4.78, 5) is 16.7. The normalized spacial score (nSPS) is 11.2. The Kier molecular flexibility index (Phi) is 3.78. The largest absolute Gasteiger partial charge is 0.354 e. The van der Waals surface area contributed by atoms with E-state index < -0.39 is 11.2 Å². The van der Waals surface area contributed by atoms with Crippen LogP contribution in [0.3, 0.4) is 0 Å². The Labute approximate surface area is 152 Å². The van der Waals surface area contributed by atoms with Crippen LogP contribution >= 0.6 is 11.8 Å². The maximum Gasteiger partial charge on any atom is 0.193 e. The summed E-state index contributed by atoms with van der Waals surface area (Å²) in [7, 11) is 1.72. The van der Waals surface area contributed by atoms with Crippen LogP contribution in [0, 0.1) is 17.1 Å². The first-order chi connectivity index (χ1) is 12.5. The summed E-state index contributed by atoms with van der Waals surface area (Å²) in [5, 5.41) is 13.6. The van der Waals surface area contributed by atoms with E-state index in [-0.39, 0.29) is 5.39 Å². The molecule has 0 aliphatic rings. The van der Waals surface area contributed by atoms with Gasteiger partial charge in [0.15, 0.2) is 5.43 Å². The minimum absolute atomic E-state index is 0.0105. The van der Waals surface area contributed by atoms with E-state index in [1.807, 2.05) is 12.3 Å². The molecule has 0 saturated heterocycles. The van der Waals surface area contributed by atoms with Crippen molar-refractivity contribution in [1.29, 1.82) is 5.26 Å². The van der Waals surface area contributed by atoms with Gasteiger partial charge in [0.05, 0.1) is 45.3 Å². The maximum atomic E-state index is 14.8. The number of thioether (sulfide) groups is 1. The zero-order valence-electron chi connectivity index (χ0n) is 14.0. The quantitative estimate of drug-likeness (QED) is 0.549. The third-order valence-corrected chi connectivity index (χ3v) is 5.20. The first-order valence-corrected chi connectivity index (χ1v) is 9.01. The molecule has 0 saturated carbocycles. The van der Waals surface area contributed by atoms with Crippen molar-refractivity contribution in [2.75, 3.05) is 6.26 Å². The topological polar surface area (TPSA) is 74.5 Å². The molecule has 0 spiro atoms. The summed E-state index contributed by atoms with van der Waals surface area (Å²) in [5.41, 5.74) is 2.36. The predicted molar refractivity (Wildman–Crippen MR) is 101 cm³/mol. The fraction of sp³-hybridized carbons (Fsp3) is 0.105. The van der Waals surface area contributed by atoms with E-state index in [0.29, 0.717) is 27.7 Å². The number of pyridine rings is 1. The van der Waals surface area contributed by atoms with Gasteiger partial charge in [-0.3, -0.25) is 9.48 Å². The van der Waals surface area contributed by atoms with Crippen LogP contribution in [0.1, 0.15) is 5.56 Å². The molecule has 4 rings (SSSR count). The molecule has 26 heavy (non-hydrogen) atoms. The van der Waals surface area contributed by atoms with Crippen LogP contribution in [0.2, 0.25) is 0 Å². The number of nitrogens with zero attached hydrogens (tertiary/aromatic N) is 3. The van der Waals surface area contributed by atoms with Crippen LogP contribution in [0.4, 0.5) is 4.39 Å². The van der Waals surface area contributed by atoms with E-state index in [2.05, 4.69) is 16.2 Å². The summed E-state index contributed by atoms with van der Waals surface area (Å²) in [6.45, 7) is 0. The number of hydrogen-bond donors (Lipinski definition) is 1. The van der Waals surface area contributed by atoms with Gasteiger partial charge in [-0.05, 0) is 30.5 Å². The number of aromatic nitrogens is 3. The fourth-order valence-corrected chi connectivity index (χ4v) is 3.70. The minimum atomic E-state index is -0.575. The molecule has 2 aromatic heterocycles. The van der Waals surface area contributed by atoms with Crippen molar-refractivity contribution in [1.82, 2.24) is 14.8 Å². The van der Waals surface area contributed by atoms with Gasteiger partial charge in [-0.1, -0.05) is 0 Å². The zero-order valence-corrected chi connectivity index (χ0v) is 14.8. The number of fused-ring (bicyclic) bond motifs is 2. The van der Waals surface area contributed by atoms with E-state index in [9.17, 15) is 14.4 Å². The Balaban J connectivity index is 2.08. The number of benzene rings is 2. The molecule has 0 radical (unpaired) electrons. The highest BCUT2D eigenvalue weighted by Gasteiger charge is 2.16. The van der Waals surface area contributed by atoms with Crippen LogP contribution in [-0.2, 0) is 7.05 Å². The average molecular weight is 364 g/mol. The van der Waals surface area contributed by atoms with Gasteiger partial charge >= 0.3 is 0 Å². The van der Waals surface area contributed by atoms with Crippen molar-refractivity contribution in [3.05, 3.63) is 58.1 Å². The number of H-pyrrole nitrogens is 1. The second kappa shape index (κ2) is 6.00. The molecule has 5 nitrogen and oxygen atoms in total. The lowest BCUT2D eigenvalue weighted by Gasteiger charge is -2.10. The number of aromatic amines is 1. The SMILES string of the molecule is CSc1ccc(C#N)cc1-c1cc(=O)c2c(F)c3cnn(C)c3cc2[nH]1. The summed E-state index contributed by atoms with van der Waals surface area (Å²) < 4.78 is 16.4. The third kappa shape index (κ3) is 2.38. The maximum absolute atomic E-state index is 14.8. The molecule has 0 aliphatic heterocycles. The van der Waals surface area contributed by atoms with Gasteiger partial charge in [-0.25, -0.2) is 4.39 Å². The Morgan fingerprint density at radius 3 is 2.85 bits per heavy atom. The molecule has 128 valence electrons. The van der Waals surface area contributed by atoms with Crippen molar-refractivity contribution < 1.29 is 4.39 Å². The standard InChI is InChI=1S/C19H13FN4OS/c1-24-15-6-14-18(19(20)12(15)9-22-24)16(25)7-13(23-14)11-5-10(8-21)3-4-17(11)26-2/h3-7,9H,1-2H3,(H,23,25). The molecular formula is C19H13FN4OS. The Morgan fingerprint density at radius 1 is 1.31 bits per heavy atom. The van der Waals surface area contributed by atoms with Crippen molar-refractivity contribution in [2.24, 2.45) is 7.05 Å². The molecular weight excluding hydrogens is 351 g/mol. The summed E-state index contributed by atoms with van der Waals surface area (Å²) in [5.74, 6) is -0.575. The lowest BCUT2D eigenvalue weighted by Crippen LogP contribution is -2.06. The number of nitrogens with one attached hydrogen (secondary N) is 1. The van der Waals surface area contributed by atoms with Gasteiger partial charge < -0.3 is 4.98 Å². The van der Waals surface area contributed by atoms with Crippen molar-refractivity contribution in [3.63, 3.8) is 0 Å². The second-order valence-electron chi connectivity index (χ2n) is 5.89. The monoisotopic (exact) mass is 364 g/mol. The summed E-state index contributed by atoms with van der Waals surface area (Å²) >= 11 is 1.51. The van der Waals surface area contributed by atoms with Gasteiger partial charge in [-0.2, -0.15) is 10.4 Å². The van der Waals surface area contributed by atoms with Crippen molar-refractivity contribution >= 4 is 33.6 Å². The molecule has 4 aromatic rings. The molecule has 0 unspecified atom stereocenters. The molecule has 0 aliphatic carbocycles. The second-order valence-corrected chi connectivity index (χ2v) is 6.74. The lowest BCUT2D eigenvalue weighted by molar-refractivity contribution is 0.650. The first-order valence-electron chi connectivity index (χ1n) is 7.79. The molecule has 0 fully saturated rings. The number of aryl methyl sites for hydroxylation is 1. The molecule has 2 heterocycles. The zero-order chi connectivity index (χ0) is 18.4. The first kappa shape index (κ1) is 16.4. The highest BCUT2D eigenvalue weighted by Crippen LogP contribution is 2.31. The molecule has 0 bridgehead atoms. The molecule has 2 aromatic carbocycles. The molecule has 1 N–H and O–H groups in total. The smallest absolute Gasteiger partial charge is 0.193 e. The van der Waals surface area contributed by atoms with Gasteiger partial charge in [0.1, 0.15) is 5.82 Å². The van der Waals surface area contributed by atoms with Crippen LogP contribution in [0.5, 0.6) is 0 Å². The lowest BCUT2D eigenvalue weighted by atomic mass is 10.1. The van der Waals surface area contributed by atoms with Crippen LogP contribution < -0.4 is 5.43 Å². The van der Waals surface area contributed by atoms with Gasteiger partial charge in [-0.15, -0.1) is 11.8 Å². The summed E-state index contributed by atoms with van der Waals surface area (Å²) in [6.07, 6.45) is 3.34. The molecule has 0 atom stereocenters. The molecule has 0 amide bonds. The fourth-order valence-electron chi connectivity index (χ4n) is 3.11. The predicted octanol–water partition coefficient (Wildman–Crippen LogP) is 3.81. The van der Waals surface area contributed by atoms with E-state index >= 15 is 0 Å². The number of halogens is 1. The Hall–Kier alpha value is -3.11. The van der Waals surface area contributed by atoms with E-state index in [1.165, 1.54) is 24.0 Å². The number of nitriles is 1. The van der Waals surface area contributed by atoms with Crippen LogP contribution in [0.25, 0.3) is 33.1 Å². The molecule has 7 heteroatoms. The third-order valence-electron chi connectivity index (χ3n) is 4.40. The van der Waals surface area contributed by atoms with Gasteiger partial charge in [0.2, 0.25) is 0 Å². The van der Waals surface area contributed by atoms with Crippen LogP contribution in [0.15, 0.2) is 46.2 Å². The summed E-state index contributed by atoms with van der Waals surface area (Å²) in [6, 6.07) is 10.5. The van der Waals surface area contributed by atoms with E-state index in [0.717, 1.165) is 10.5 Å². The van der Waals surface area contributed by atoms with Crippen molar-refractivity contribution in [3.8, 4) is 17.3 Å². The van der Waals surface area contributed by atoms with Crippen molar-refractivity contribution in [2.45, 2.75) is 4.90 Å². The highest BCUT2D eigenvalue weighted by molar-refractivity contribution is 7.98. The number of hydrogen-bond acceptors (Lipinski definition) is 4. The van der Waals surface area contributed by atoms with Gasteiger partial charge in [0, 0.05) is 23.6 Å². The van der Waals surface area contributed by atoms with E-state index in [4.69, 9.17) is 0 Å². The van der Waals surface area contributed by atoms with Gasteiger partial charge in [0.25, 0.3) is 0 Å². The highest BCUT2D eigenvalue weighted by atomic mass is 32.2. The average Bonchev–Trinajstić information content (AvgIpc) is 3.02. The van der Waals surface area contributed by atoms with E-state index in [1.54, 1.807) is 29.9 Å². The Bertz CT molecular complexity index is 1280. The Morgan fingerprint density at radius 2 is 2.12 bits per heavy atom. The minimum Gasteiger partial charge on any atom is -0.354 e.